The van der Waals surface area contributed by atoms with E-state index in [4.69, 9.17) is 0 Å². The number of hydrogen-bond donors (Lipinski definition) is 1. The molecule has 1 aromatic carbocycles. The smallest absolute Gasteiger partial charge is 0.306 e. The lowest BCUT2D eigenvalue weighted by molar-refractivity contribution is -0.140. The summed E-state index contributed by atoms with van der Waals surface area (Å²) in [5.41, 5.74) is 0.252. The van der Waals surface area contributed by atoms with Crippen molar-refractivity contribution in [2.75, 3.05) is 20.7 Å². The van der Waals surface area contributed by atoms with Gasteiger partial charge in [0, 0.05) is 25.2 Å². The molecule has 0 aromatic heterocycles. The number of esters is 1. The van der Waals surface area contributed by atoms with Crippen molar-refractivity contribution in [2.24, 2.45) is 0 Å². The standard InChI is InChI=1S/C13H19FN2O4S/c1-10(11-6-4-5-7-12(11)14)15-21(18,19)16(2)9-8-13(17)20-3/h4-7,10,15H,8-9H2,1-3H3/t10-/m1/s1. The van der Waals surface area contributed by atoms with Gasteiger partial charge in [-0.05, 0) is 13.0 Å². The molecule has 0 aliphatic carbocycles. The molecule has 0 saturated carbocycles. The summed E-state index contributed by atoms with van der Waals surface area (Å²) in [6.07, 6.45) is -0.0536. The highest BCUT2D eigenvalue weighted by atomic mass is 32.2. The first kappa shape index (κ1) is 17.5. The monoisotopic (exact) mass is 318 g/mol. The van der Waals surface area contributed by atoms with E-state index in [0.29, 0.717) is 0 Å². The Bertz CT molecular complexity index is 592. The van der Waals surface area contributed by atoms with Gasteiger partial charge in [0.15, 0.2) is 0 Å². The predicted octanol–water partition coefficient (Wildman–Crippen LogP) is 1.22. The second kappa shape index (κ2) is 7.48. The summed E-state index contributed by atoms with van der Waals surface area (Å²) >= 11 is 0. The fourth-order valence-corrected chi connectivity index (χ4v) is 2.76. The van der Waals surface area contributed by atoms with Crippen molar-refractivity contribution in [2.45, 2.75) is 19.4 Å². The van der Waals surface area contributed by atoms with Gasteiger partial charge in [0.2, 0.25) is 0 Å². The lowest BCUT2D eigenvalue weighted by atomic mass is 10.1. The van der Waals surface area contributed by atoms with Crippen LogP contribution in [-0.4, -0.2) is 39.4 Å². The molecule has 118 valence electrons. The minimum absolute atomic E-state index is 0.0218. The van der Waals surface area contributed by atoms with Gasteiger partial charge in [0.05, 0.1) is 13.5 Å². The molecule has 0 spiro atoms. The number of ether oxygens (including phenoxy) is 1. The van der Waals surface area contributed by atoms with E-state index in [1.54, 1.807) is 13.0 Å². The maximum Gasteiger partial charge on any atom is 0.306 e. The topological polar surface area (TPSA) is 75.7 Å². The van der Waals surface area contributed by atoms with Gasteiger partial charge < -0.3 is 4.74 Å². The zero-order chi connectivity index (χ0) is 16.0. The van der Waals surface area contributed by atoms with E-state index in [9.17, 15) is 17.6 Å². The molecule has 1 N–H and O–H groups in total. The van der Waals surface area contributed by atoms with E-state index in [1.807, 2.05) is 0 Å². The Kier molecular flexibility index (Phi) is 6.25. The molecular weight excluding hydrogens is 299 g/mol. The maximum absolute atomic E-state index is 13.6. The molecule has 8 heteroatoms. The zero-order valence-electron chi connectivity index (χ0n) is 12.2. The molecule has 0 unspecified atom stereocenters. The van der Waals surface area contributed by atoms with Crippen molar-refractivity contribution >= 4 is 16.2 Å². The van der Waals surface area contributed by atoms with Gasteiger partial charge in [-0.25, -0.2) is 4.39 Å². The summed E-state index contributed by atoms with van der Waals surface area (Å²) in [6.45, 7) is 1.52. The molecule has 1 rings (SSSR count). The number of nitrogens with one attached hydrogen (secondary N) is 1. The van der Waals surface area contributed by atoms with Crippen LogP contribution in [0.2, 0.25) is 0 Å². The molecule has 6 nitrogen and oxygen atoms in total. The van der Waals surface area contributed by atoms with Crippen LogP contribution in [0.15, 0.2) is 24.3 Å². The fraction of sp³-hybridized carbons (Fsp3) is 0.462. The van der Waals surface area contributed by atoms with Gasteiger partial charge in [-0.2, -0.15) is 17.4 Å². The van der Waals surface area contributed by atoms with Crippen molar-refractivity contribution in [1.29, 1.82) is 0 Å². The molecular formula is C13H19FN2O4S. The quantitative estimate of drug-likeness (QED) is 0.767. The van der Waals surface area contributed by atoms with Crippen LogP contribution in [0.3, 0.4) is 0 Å². The van der Waals surface area contributed by atoms with Crippen molar-refractivity contribution < 1.29 is 22.3 Å². The highest BCUT2D eigenvalue weighted by Crippen LogP contribution is 2.17. The molecule has 0 saturated heterocycles. The second-order valence-electron chi connectivity index (χ2n) is 4.51. The van der Waals surface area contributed by atoms with E-state index < -0.39 is 28.0 Å². The zero-order valence-corrected chi connectivity index (χ0v) is 13.0. The van der Waals surface area contributed by atoms with Crippen molar-refractivity contribution in [3.05, 3.63) is 35.6 Å². The molecule has 0 radical (unpaired) electrons. The van der Waals surface area contributed by atoms with Crippen molar-refractivity contribution in [3.8, 4) is 0 Å². The molecule has 0 aliphatic rings. The van der Waals surface area contributed by atoms with Crippen LogP contribution in [-0.2, 0) is 19.7 Å². The van der Waals surface area contributed by atoms with Gasteiger partial charge in [-0.15, -0.1) is 0 Å². The Morgan fingerprint density at radius 3 is 2.62 bits per heavy atom. The molecule has 0 heterocycles. The van der Waals surface area contributed by atoms with Gasteiger partial charge in [0.1, 0.15) is 5.82 Å². The average molecular weight is 318 g/mol. The van der Waals surface area contributed by atoms with E-state index in [-0.39, 0.29) is 18.5 Å². The number of halogens is 1. The van der Waals surface area contributed by atoms with E-state index in [0.717, 1.165) is 4.31 Å². The lowest BCUT2D eigenvalue weighted by Crippen LogP contribution is -2.40. The Morgan fingerprint density at radius 2 is 2.05 bits per heavy atom. The third-order valence-electron chi connectivity index (χ3n) is 2.97. The number of nitrogens with zero attached hydrogens (tertiary/aromatic N) is 1. The van der Waals surface area contributed by atoms with Gasteiger partial charge in [-0.1, -0.05) is 18.2 Å². The Hall–Kier alpha value is -1.51. The van der Waals surface area contributed by atoms with Crippen LogP contribution in [0.25, 0.3) is 0 Å². The number of hydrogen-bond acceptors (Lipinski definition) is 4. The SMILES string of the molecule is COC(=O)CCN(C)S(=O)(=O)N[C@H](C)c1ccccc1F. The summed E-state index contributed by atoms with van der Waals surface area (Å²) in [6, 6.07) is 5.21. The minimum Gasteiger partial charge on any atom is -0.469 e. The molecule has 0 aliphatic heterocycles. The first-order valence-corrected chi connectivity index (χ1v) is 7.76. The summed E-state index contributed by atoms with van der Waals surface area (Å²) in [5, 5.41) is 0. The molecule has 0 fully saturated rings. The van der Waals surface area contributed by atoms with Gasteiger partial charge >= 0.3 is 5.97 Å². The third-order valence-corrected chi connectivity index (χ3v) is 4.62. The number of carbonyl (C=O) groups is 1. The van der Waals surface area contributed by atoms with Crippen molar-refractivity contribution in [3.63, 3.8) is 0 Å². The fourth-order valence-electron chi connectivity index (χ4n) is 1.67. The largest absolute Gasteiger partial charge is 0.469 e. The highest BCUT2D eigenvalue weighted by molar-refractivity contribution is 7.87. The second-order valence-corrected chi connectivity index (χ2v) is 6.32. The van der Waals surface area contributed by atoms with Gasteiger partial charge in [-0.3, -0.25) is 4.79 Å². The summed E-state index contributed by atoms with van der Waals surface area (Å²) < 4.78 is 45.5. The summed E-state index contributed by atoms with van der Waals surface area (Å²) in [4.78, 5) is 11.0. The van der Waals surface area contributed by atoms with Gasteiger partial charge in [0.25, 0.3) is 10.2 Å². The minimum atomic E-state index is -3.82. The van der Waals surface area contributed by atoms with Crippen LogP contribution in [0, 0.1) is 5.82 Å². The summed E-state index contributed by atoms with van der Waals surface area (Å²) in [5.74, 6) is -0.982. The van der Waals surface area contributed by atoms with E-state index in [2.05, 4.69) is 9.46 Å². The van der Waals surface area contributed by atoms with Crippen LogP contribution in [0.4, 0.5) is 4.39 Å². The molecule has 21 heavy (non-hydrogen) atoms. The molecule has 1 aromatic rings. The normalized spacial score (nSPS) is 13.2. The Balaban J connectivity index is 2.71. The number of methoxy groups -OCH3 is 1. The number of carbonyl (C=O) groups excluding carboxylic acids is 1. The molecule has 0 bridgehead atoms. The average Bonchev–Trinajstić information content (AvgIpc) is 2.44. The number of rotatable bonds is 7. The lowest BCUT2D eigenvalue weighted by Gasteiger charge is -2.21. The van der Waals surface area contributed by atoms with Crippen LogP contribution >= 0.6 is 0 Å². The molecule has 0 amide bonds. The van der Waals surface area contributed by atoms with Crippen LogP contribution in [0.1, 0.15) is 24.9 Å². The number of benzene rings is 1. The van der Waals surface area contributed by atoms with E-state index in [1.165, 1.54) is 32.4 Å². The third kappa shape index (κ3) is 5.07. The Labute approximate surface area is 124 Å². The first-order chi connectivity index (χ1) is 9.77. The van der Waals surface area contributed by atoms with Crippen LogP contribution < -0.4 is 4.72 Å². The molecule has 1 atom stereocenters. The highest BCUT2D eigenvalue weighted by Gasteiger charge is 2.22. The summed E-state index contributed by atoms with van der Waals surface area (Å²) in [7, 11) is -1.26. The first-order valence-electron chi connectivity index (χ1n) is 6.32. The maximum atomic E-state index is 13.6. The Morgan fingerprint density at radius 1 is 1.43 bits per heavy atom. The predicted molar refractivity (Wildman–Crippen MR) is 76.1 cm³/mol. The van der Waals surface area contributed by atoms with E-state index >= 15 is 0 Å². The van der Waals surface area contributed by atoms with Crippen LogP contribution in [0.5, 0.6) is 0 Å². The van der Waals surface area contributed by atoms with Crippen molar-refractivity contribution in [1.82, 2.24) is 9.03 Å².